The number of benzene rings is 7. The first-order chi connectivity index (χ1) is 25.7. The van der Waals surface area contributed by atoms with Crippen LogP contribution in [0.5, 0.6) is 0 Å². The Kier molecular flexibility index (Phi) is 10.0. The minimum Gasteiger partial charge on any atom is -0.388 e. The van der Waals surface area contributed by atoms with Gasteiger partial charge in [0.05, 0.1) is 11.1 Å². The van der Waals surface area contributed by atoms with Gasteiger partial charge in [-0.2, -0.15) is 0 Å². The number of nitrogens with one attached hydrogen (secondary N) is 3. The Bertz CT molecular complexity index is 2020. The van der Waals surface area contributed by atoms with Gasteiger partial charge in [0, 0.05) is 45.4 Å². The first-order valence-electron chi connectivity index (χ1n) is 17.8. The molecule has 0 atom stereocenters. The van der Waals surface area contributed by atoms with Crippen LogP contribution in [-0.2, 0) is 11.1 Å². The molecule has 0 unspecified atom stereocenters. The van der Waals surface area contributed by atoms with Crippen molar-refractivity contribution in [1.29, 1.82) is 0 Å². The maximum atomic E-state index is 4.14. The predicted octanol–water partition coefficient (Wildman–Crippen LogP) is 10.8. The fourth-order valence-corrected chi connectivity index (χ4v) is 10.1. The first kappa shape index (κ1) is 34.1. The van der Waals surface area contributed by atoms with Crippen molar-refractivity contribution in [1.82, 2.24) is 10.6 Å². The Morgan fingerprint density at radius 3 is 0.962 bits per heavy atom. The van der Waals surface area contributed by atoms with Crippen LogP contribution in [0.3, 0.4) is 0 Å². The second kappa shape index (κ2) is 15.3. The highest BCUT2D eigenvalue weighted by molar-refractivity contribution is 7.99. The Hall–Kier alpha value is -5.04. The summed E-state index contributed by atoms with van der Waals surface area (Å²) in [6.45, 7) is 1.52. The standard InChI is InChI=1S/C40H32N2S2.C7H9N/c1-3-15-29(16-4-1)39(31-19-7-11-23-35(31)43-36-24-12-8-20-32(36)39)41-27-28-42-40(30-17-5-2-6-18-30)33-21-9-13-25-37(33)44-38-26-14-10-22-34(38)40;1-8-7-5-3-2-4-6-7/h1-26,41-42H,27-28H2;2-6,8H,1H3. The van der Waals surface area contributed by atoms with Gasteiger partial charge >= 0.3 is 0 Å². The lowest BCUT2D eigenvalue weighted by Gasteiger charge is -2.44. The normalized spacial score (nSPS) is 14.3. The van der Waals surface area contributed by atoms with Crippen molar-refractivity contribution in [2.75, 3.05) is 25.5 Å². The van der Waals surface area contributed by atoms with Crippen LogP contribution in [0.1, 0.15) is 33.4 Å². The van der Waals surface area contributed by atoms with Crippen LogP contribution < -0.4 is 16.0 Å². The Balaban J connectivity index is 0.000000430. The van der Waals surface area contributed by atoms with Crippen molar-refractivity contribution in [3.8, 4) is 0 Å². The predicted molar refractivity (Wildman–Crippen MR) is 219 cm³/mol. The molecule has 5 heteroatoms. The van der Waals surface area contributed by atoms with Gasteiger partial charge in [-0.15, -0.1) is 0 Å². The van der Waals surface area contributed by atoms with Crippen molar-refractivity contribution >= 4 is 29.2 Å². The van der Waals surface area contributed by atoms with Crippen LogP contribution in [0.25, 0.3) is 0 Å². The molecule has 0 aliphatic carbocycles. The lowest BCUT2D eigenvalue weighted by Crippen LogP contribution is -2.52. The number of hydrogen-bond donors (Lipinski definition) is 3. The van der Waals surface area contributed by atoms with E-state index in [1.807, 2.05) is 60.9 Å². The van der Waals surface area contributed by atoms with Gasteiger partial charge in [0.2, 0.25) is 0 Å². The monoisotopic (exact) mass is 711 g/mol. The van der Waals surface area contributed by atoms with E-state index < -0.39 is 11.1 Å². The number of fused-ring (bicyclic) bond motifs is 4. The van der Waals surface area contributed by atoms with Gasteiger partial charge in [0.25, 0.3) is 0 Å². The third-order valence-corrected chi connectivity index (χ3v) is 12.3. The molecule has 2 aliphatic heterocycles. The van der Waals surface area contributed by atoms with Gasteiger partial charge in [-0.3, -0.25) is 10.6 Å². The van der Waals surface area contributed by atoms with Crippen LogP contribution in [0.15, 0.2) is 208 Å². The van der Waals surface area contributed by atoms with E-state index in [4.69, 9.17) is 0 Å². The summed E-state index contributed by atoms with van der Waals surface area (Å²) in [6.07, 6.45) is 0. The zero-order valence-electron chi connectivity index (χ0n) is 29.1. The molecule has 2 heterocycles. The molecular weight excluding hydrogens is 671 g/mol. The average molecular weight is 712 g/mol. The van der Waals surface area contributed by atoms with Gasteiger partial charge in [-0.1, -0.05) is 175 Å². The number of para-hydroxylation sites is 1. The van der Waals surface area contributed by atoms with E-state index in [-0.39, 0.29) is 0 Å². The highest BCUT2D eigenvalue weighted by atomic mass is 32.2. The van der Waals surface area contributed by atoms with Gasteiger partial charge in [-0.25, -0.2) is 0 Å². The largest absolute Gasteiger partial charge is 0.388 e. The molecule has 2 aliphatic rings. The summed E-state index contributed by atoms with van der Waals surface area (Å²) in [5.41, 5.74) is 7.93. The molecule has 0 bridgehead atoms. The van der Waals surface area contributed by atoms with E-state index >= 15 is 0 Å². The second-order valence-corrected chi connectivity index (χ2v) is 15.1. The summed E-state index contributed by atoms with van der Waals surface area (Å²) in [4.78, 5) is 5.18. The van der Waals surface area contributed by atoms with Gasteiger partial charge in [-0.05, 0) is 69.8 Å². The molecule has 0 radical (unpaired) electrons. The summed E-state index contributed by atoms with van der Waals surface area (Å²) in [7, 11) is 1.91. The summed E-state index contributed by atoms with van der Waals surface area (Å²) < 4.78 is 0. The fraction of sp³-hybridized carbons (Fsp3) is 0.106. The Labute approximate surface area is 315 Å². The molecule has 52 heavy (non-hydrogen) atoms. The molecule has 0 aromatic heterocycles. The van der Waals surface area contributed by atoms with Crippen LogP contribution in [0.2, 0.25) is 0 Å². The molecule has 3 nitrogen and oxygen atoms in total. The molecule has 0 saturated heterocycles. The van der Waals surface area contributed by atoms with Gasteiger partial charge in [0.15, 0.2) is 0 Å². The molecule has 7 aromatic carbocycles. The highest BCUT2D eigenvalue weighted by Crippen LogP contribution is 2.52. The molecule has 256 valence electrons. The Morgan fingerprint density at radius 2 is 0.654 bits per heavy atom. The minimum atomic E-state index is -0.473. The quantitative estimate of drug-likeness (QED) is 0.137. The fourth-order valence-electron chi connectivity index (χ4n) is 7.68. The molecule has 9 rings (SSSR count). The van der Waals surface area contributed by atoms with E-state index in [9.17, 15) is 0 Å². The Morgan fingerprint density at radius 1 is 0.365 bits per heavy atom. The third kappa shape index (κ3) is 6.24. The van der Waals surface area contributed by atoms with Crippen molar-refractivity contribution in [3.05, 3.63) is 221 Å². The van der Waals surface area contributed by atoms with Crippen LogP contribution in [0.4, 0.5) is 5.69 Å². The van der Waals surface area contributed by atoms with Crippen molar-refractivity contribution in [2.24, 2.45) is 0 Å². The smallest absolute Gasteiger partial charge is 0.0970 e. The van der Waals surface area contributed by atoms with E-state index in [2.05, 4.69) is 174 Å². The lowest BCUT2D eigenvalue weighted by atomic mass is 9.76. The van der Waals surface area contributed by atoms with Crippen molar-refractivity contribution in [3.63, 3.8) is 0 Å². The van der Waals surface area contributed by atoms with E-state index in [1.165, 1.54) is 53.0 Å². The molecule has 0 amide bonds. The van der Waals surface area contributed by atoms with Gasteiger partial charge < -0.3 is 5.32 Å². The highest BCUT2D eigenvalue weighted by Gasteiger charge is 2.44. The van der Waals surface area contributed by atoms with Crippen LogP contribution in [-0.4, -0.2) is 20.1 Å². The molecule has 0 saturated carbocycles. The van der Waals surface area contributed by atoms with E-state index in [0.717, 1.165) is 18.8 Å². The van der Waals surface area contributed by atoms with Crippen LogP contribution >= 0.6 is 23.5 Å². The van der Waals surface area contributed by atoms with E-state index in [0.29, 0.717) is 0 Å². The number of rotatable bonds is 8. The topological polar surface area (TPSA) is 36.1 Å². The van der Waals surface area contributed by atoms with Crippen molar-refractivity contribution < 1.29 is 0 Å². The lowest BCUT2D eigenvalue weighted by molar-refractivity contribution is 0.407. The van der Waals surface area contributed by atoms with Crippen molar-refractivity contribution in [2.45, 2.75) is 30.7 Å². The van der Waals surface area contributed by atoms with Crippen LogP contribution in [0, 0.1) is 0 Å². The summed E-state index contributed by atoms with van der Waals surface area (Å²) in [5, 5.41) is 11.3. The van der Waals surface area contributed by atoms with Gasteiger partial charge in [0.1, 0.15) is 0 Å². The average Bonchev–Trinajstić information content (AvgIpc) is 3.23. The van der Waals surface area contributed by atoms with E-state index in [1.54, 1.807) is 0 Å². The molecule has 0 fully saturated rings. The molecular formula is C47H41N3S2. The summed E-state index contributed by atoms with van der Waals surface area (Å²) in [6, 6.07) is 67.4. The minimum absolute atomic E-state index is 0.473. The number of hydrogen-bond acceptors (Lipinski definition) is 5. The zero-order valence-corrected chi connectivity index (χ0v) is 30.8. The maximum absolute atomic E-state index is 4.14. The molecule has 7 aromatic rings. The molecule has 0 spiro atoms. The molecule has 3 N–H and O–H groups in total. The first-order valence-corrected chi connectivity index (χ1v) is 19.4. The zero-order chi connectivity index (χ0) is 35.2. The summed E-state index contributed by atoms with van der Waals surface area (Å²) in [5.74, 6) is 0. The number of anilines is 1. The summed E-state index contributed by atoms with van der Waals surface area (Å²) >= 11 is 3.73. The third-order valence-electron chi connectivity index (χ3n) is 9.99. The second-order valence-electron chi connectivity index (χ2n) is 12.9. The SMILES string of the molecule is CNc1ccccc1.c1ccc(C2(NCCNC3(c4ccccc4)c4ccccc4Sc4ccccc43)c3ccccc3Sc3ccccc32)cc1. The maximum Gasteiger partial charge on any atom is 0.0970 e.